The number of aromatic carboxylic acids is 1. The van der Waals surface area contributed by atoms with E-state index < -0.39 is 5.97 Å². The Hall–Kier alpha value is -1.03. The van der Waals surface area contributed by atoms with Crippen molar-refractivity contribution in [2.45, 2.75) is 32.2 Å². The number of hydrogen-bond donors (Lipinski definition) is 2. The van der Waals surface area contributed by atoms with E-state index in [0.717, 1.165) is 10.2 Å². The first-order chi connectivity index (χ1) is 8.08. The molecule has 0 amide bonds. The largest absolute Gasteiger partial charge is 0.478 e. The molecule has 17 heavy (non-hydrogen) atoms. The molecule has 92 valence electrons. The zero-order valence-corrected chi connectivity index (χ0v) is 11.3. The van der Waals surface area contributed by atoms with Gasteiger partial charge in [0, 0.05) is 16.2 Å². The number of hydrogen-bond acceptors (Lipinski definition) is 2. The molecule has 2 N–H and O–H groups in total. The van der Waals surface area contributed by atoms with Gasteiger partial charge in [-0.05, 0) is 52.9 Å². The van der Waals surface area contributed by atoms with Gasteiger partial charge in [-0.15, -0.1) is 0 Å². The Balaban J connectivity index is 2.14. The number of anilines is 1. The van der Waals surface area contributed by atoms with Crippen molar-refractivity contribution in [1.82, 2.24) is 0 Å². The molecule has 0 spiro atoms. The van der Waals surface area contributed by atoms with Crippen LogP contribution >= 0.6 is 15.9 Å². The van der Waals surface area contributed by atoms with Crippen molar-refractivity contribution in [3.63, 3.8) is 0 Å². The maximum atomic E-state index is 10.8. The van der Waals surface area contributed by atoms with Crippen LogP contribution in [0.5, 0.6) is 0 Å². The van der Waals surface area contributed by atoms with Crippen LogP contribution in [0.3, 0.4) is 0 Å². The van der Waals surface area contributed by atoms with Crippen LogP contribution in [0.15, 0.2) is 22.7 Å². The zero-order chi connectivity index (χ0) is 12.4. The molecule has 1 aromatic rings. The molecule has 1 saturated carbocycles. The van der Waals surface area contributed by atoms with Crippen LogP contribution in [-0.4, -0.2) is 17.1 Å². The highest BCUT2D eigenvalue weighted by Crippen LogP contribution is 2.31. The first kappa shape index (κ1) is 12.4. The lowest BCUT2D eigenvalue weighted by Crippen LogP contribution is -2.22. The second-order valence-corrected chi connectivity index (χ2v) is 5.51. The van der Waals surface area contributed by atoms with Crippen molar-refractivity contribution in [2.75, 3.05) is 5.32 Å². The van der Waals surface area contributed by atoms with E-state index in [1.54, 1.807) is 12.1 Å². The minimum atomic E-state index is -0.897. The van der Waals surface area contributed by atoms with E-state index in [1.165, 1.54) is 19.3 Å². The molecule has 2 atom stereocenters. The molecule has 1 aliphatic carbocycles. The van der Waals surface area contributed by atoms with E-state index in [1.807, 2.05) is 6.07 Å². The third kappa shape index (κ3) is 2.80. The van der Waals surface area contributed by atoms with Crippen LogP contribution in [0.25, 0.3) is 0 Å². The van der Waals surface area contributed by atoms with E-state index in [0.29, 0.717) is 17.5 Å². The fourth-order valence-corrected chi connectivity index (χ4v) is 2.82. The van der Waals surface area contributed by atoms with Gasteiger partial charge in [0.05, 0.1) is 5.56 Å². The van der Waals surface area contributed by atoms with Crippen molar-refractivity contribution in [3.05, 3.63) is 28.2 Å². The van der Waals surface area contributed by atoms with Crippen molar-refractivity contribution in [2.24, 2.45) is 5.92 Å². The van der Waals surface area contributed by atoms with E-state index in [4.69, 9.17) is 5.11 Å². The predicted molar refractivity (Wildman–Crippen MR) is 71.5 cm³/mol. The third-order valence-corrected chi connectivity index (χ3v) is 4.07. The van der Waals surface area contributed by atoms with Crippen molar-refractivity contribution >= 4 is 27.6 Å². The first-order valence-electron chi connectivity index (χ1n) is 5.87. The van der Waals surface area contributed by atoms with Gasteiger partial charge in [0.25, 0.3) is 0 Å². The molecule has 2 unspecified atom stereocenters. The number of rotatable bonds is 3. The smallest absolute Gasteiger partial charge is 0.335 e. The lowest BCUT2D eigenvalue weighted by molar-refractivity contribution is 0.0697. The van der Waals surface area contributed by atoms with Crippen molar-refractivity contribution in [3.8, 4) is 0 Å². The van der Waals surface area contributed by atoms with Gasteiger partial charge in [0.15, 0.2) is 0 Å². The molecular weight excluding hydrogens is 282 g/mol. The highest BCUT2D eigenvalue weighted by atomic mass is 79.9. The van der Waals surface area contributed by atoms with Crippen LogP contribution in [0.4, 0.5) is 5.69 Å². The number of carboxylic acid groups (broad SMARTS) is 1. The summed E-state index contributed by atoms with van der Waals surface area (Å²) in [6, 6.07) is 5.61. The Kier molecular flexibility index (Phi) is 3.72. The Bertz CT molecular complexity index is 433. The molecular formula is C13H16BrNO2. The van der Waals surface area contributed by atoms with E-state index in [9.17, 15) is 4.79 Å². The van der Waals surface area contributed by atoms with Gasteiger partial charge in [-0.25, -0.2) is 4.79 Å². The SMILES string of the molecule is CC1CCCC1Nc1ccc(C(=O)O)cc1Br. The topological polar surface area (TPSA) is 49.3 Å². The van der Waals surface area contributed by atoms with E-state index >= 15 is 0 Å². The maximum absolute atomic E-state index is 10.8. The molecule has 0 bridgehead atoms. The maximum Gasteiger partial charge on any atom is 0.335 e. The summed E-state index contributed by atoms with van der Waals surface area (Å²) in [6.45, 7) is 2.25. The van der Waals surface area contributed by atoms with E-state index in [2.05, 4.69) is 28.2 Å². The predicted octanol–water partition coefficient (Wildman–Crippen LogP) is 3.75. The van der Waals surface area contributed by atoms with Crippen LogP contribution in [0, 0.1) is 5.92 Å². The van der Waals surface area contributed by atoms with Gasteiger partial charge in [-0.1, -0.05) is 13.3 Å². The van der Waals surface area contributed by atoms with Gasteiger partial charge in [-0.2, -0.15) is 0 Å². The molecule has 1 fully saturated rings. The average Bonchev–Trinajstić information content (AvgIpc) is 2.67. The second-order valence-electron chi connectivity index (χ2n) is 4.66. The number of carboxylic acids is 1. The molecule has 1 aromatic carbocycles. The Morgan fingerprint density at radius 3 is 2.76 bits per heavy atom. The second kappa shape index (κ2) is 5.08. The monoisotopic (exact) mass is 297 g/mol. The molecule has 0 radical (unpaired) electrons. The minimum Gasteiger partial charge on any atom is -0.478 e. The van der Waals surface area contributed by atoms with Gasteiger partial charge >= 0.3 is 5.97 Å². The summed E-state index contributed by atoms with van der Waals surface area (Å²) >= 11 is 3.42. The fourth-order valence-electron chi connectivity index (χ4n) is 2.32. The Morgan fingerprint density at radius 1 is 1.47 bits per heavy atom. The highest BCUT2D eigenvalue weighted by molar-refractivity contribution is 9.10. The summed E-state index contributed by atoms with van der Waals surface area (Å²) in [5.74, 6) is -0.215. The van der Waals surface area contributed by atoms with Gasteiger partial charge < -0.3 is 10.4 Å². The van der Waals surface area contributed by atoms with Crippen molar-refractivity contribution in [1.29, 1.82) is 0 Å². The summed E-state index contributed by atoms with van der Waals surface area (Å²) in [5.41, 5.74) is 1.29. The molecule has 0 aliphatic heterocycles. The van der Waals surface area contributed by atoms with Crippen LogP contribution < -0.4 is 5.32 Å². The summed E-state index contributed by atoms with van der Waals surface area (Å²) < 4.78 is 0.816. The molecule has 0 aromatic heterocycles. The van der Waals surface area contributed by atoms with Gasteiger partial charge in [0.1, 0.15) is 0 Å². The minimum absolute atomic E-state index is 0.307. The quantitative estimate of drug-likeness (QED) is 0.893. The lowest BCUT2D eigenvalue weighted by Gasteiger charge is -2.19. The van der Waals surface area contributed by atoms with Crippen LogP contribution in [-0.2, 0) is 0 Å². The fraction of sp³-hybridized carbons (Fsp3) is 0.462. The van der Waals surface area contributed by atoms with Gasteiger partial charge in [-0.3, -0.25) is 0 Å². The standard InChI is InChI=1S/C13H16BrNO2/c1-8-3-2-4-11(8)15-12-6-5-9(13(16)17)7-10(12)14/h5-8,11,15H,2-4H2,1H3,(H,16,17). The van der Waals surface area contributed by atoms with E-state index in [-0.39, 0.29) is 0 Å². The highest BCUT2D eigenvalue weighted by Gasteiger charge is 2.23. The molecule has 3 nitrogen and oxygen atoms in total. The number of benzene rings is 1. The van der Waals surface area contributed by atoms with Crippen LogP contribution in [0.2, 0.25) is 0 Å². The molecule has 2 rings (SSSR count). The zero-order valence-electron chi connectivity index (χ0n) is 9.74. The summed E-state index contributed by atoms with van der Waals surface area (Å²) in [6.07, 6.45) is 3.72. The molecule has 0 heterocycles. The number of halogens is 1. The summed E-state index contributed by atoms with van der Waals surface area (Å²) in [7, 11) is 0. The summed E-state index contributed by atoms with van der Waals surface area (Å²) in [4.78, 5) is 10.8. The average molecular weight is 298 g/mol. The normalized spacial score (nSPS) is 23.6. The lowest BCUT2D eigenvalue weighted by atomic mass is 10.1. The summed E-state index contributed by atoms with van der Waals surface area (Å²) in [5, 5.41) is 12.4. The Morgan fingerprint density at radius 2 is 2.24 bits per heavy atom. The number of carbonyl (C=O) groups is 1. The Labute approximate surface area is 109 Å². The first-order valence-corrected chi connectivity index (χ1v) is 6.66. The molecule has 1 aliphatic rings. The third-order valence-electron chi connectivity index (χ3n) is 3.42. The van der Waals surface area contributed by atoms with Gasteiger partial charge in [0.2, 0.25) is 0 Å². The molecule has 4 heteroatoms. The van der Waals surface area contributed by atoms with Crippen molar-refractivity contribution < 1.29 is 9.90 Å². The van der Waals surface area contributed by atoms with Crippen LogP contribution in [0.1, 0.15) is 36.5 Å². The number of nitrogens with one attached hydrogen (secondary N) is 1. The molecule has 0 saturated heterocycles.